The Morgan fingerprint density at radius 2 is 1.89 bits per heavy atom. The minimum Gasteiger partial charge on any atom is -0.493 e. The van der Waals surface area contributed by atoms with E-state index in [-0.39, 0.29) is 24.4 Å². The molecule has 2 aromatic heterocycles. The Hall–Kier alpha value is -4.35. The molecule has 2 amide bonds. The maximum absolute atomic E-state index is 13.2. The lowest BCUT2D eigenvalue weighted by atomic mass is 10.1. The van der Waals surface area contributed by atoms with Crippen LogP contribution in [0.4, 0.5) is 10.6 Å². The molecule has 12 nitrogen and oxygen atoms in total. The number of amides is 2. The number of aryl methyl sites for hydroxylation is 1. The van der Waals surface area contributed by atoms with Crippen LogP contribution in [0, 0.1) is 6.92 Å². The molecule has 3 heterocycles. The van der Waals surface area contributed by atoms with Gasteiger partial charge in [-0.15, -0.1) is 0 Å². The molecule has 1 saturated heterocycles. The molecular weight excluding hydrogens is 490 g/mol. The van der Waals surface area contributed by atoms with E-state index in [4.69, 9.17) is 19.2 Å². The van der Waals surface area contributed by atoms with Crippen molar-refractivity contribution in [3.8, 4) is 17.4 Å². The van der Waals surface area contributed by atoms with Gasteiger partial charge in [-0.2, -0.15) is 4.98 Å². The number of imidazole rings is 1. The lowest BCUT2D eigenvalue weighted by molar-refractivity contribution is -0.122. The Morgan fingerprint density at radius 1 is 1.11 bits per heavy atom. The van der Waals surface area contributed by atoms with Crippen LogP contribution < -0.4 is 19.7 Å². The first-order valence-corrected chi connectivity index (χ1v) is 12.3. The van der Waals surface area contributed by atoms with Crippen LogP contribution in [-0.4, -0.2) is 83.4 Å². The molecule has 1 aromatic carbocycles. The zero-order valence-electron chi connectivity index (χ0n) is 22.2. The zero-order chi connectivity index (χ0) is 27.2. The van der Waals surface area contributed by atoms with Crippen LogP contribution in [0.5, 0.6) is 11.5 Å². The summed E-state index contributed by atoms with van der Waals surface area (Å²) in [6.45, 7) is 5.04. The number of carbonyl (C=O) groups is 2. The highest BCUT2D eigenvalue weighted by Crippen LogP contribution is 2.30. The summed E-state index contributed by atoms with van der Waals surface area (Å²) in [5.41, 5.74) is 1.66. The van der Waals surface area contributed by atoms with Gasteiger partial charge in [0.2, 0.25) is 11.9 Å². The topological polar surface area (TPSA) is 124 Å². The molecule has 38 heavy (non-hydrogen) atoms. The van der Waals surface area contributed by atoms with Crippen LogP contribution in [0.25, 0.3) is 5.95 Å². The van der Waals surface area contributed by atoms with Crippen molar-refractivity contribution in [2.24, 2.45) is 0 Å². The van der Waals surface area contributed by atoms with Gasteiger partial charge in [-0.1, -0.05) is 6.07 Å². The molecule has 0 saturated carbocycles. The van der Waals surface area contributed by atoms with E-state index in [0.717, 1.165) is 11.3 Å². The van der Waals surface area contributed by atoms with Gasteiger partial charge in [0.05, 0.1) is 33.4 Å². The van der Waals surface area contributed by atoms with Gasteiger partial charge in [-0.25, -0.2) is 14.8 Å². The Balaban J connectivity index is 1.54. The molecule has 0 bridgehead atoms. The van der Waals surface area contributed by atoms with Crippen LogP contribution in [0.3, 0.4) is 0 Å². The van der Waals surface area contributed by atoms with Gasteiger partial charge >= 0.3 is 6.09 Å². The summed E-state index contributed by atoms with van der Waals surface area (Å²) < 4.78 is 17.4. The molecule has 0 aliphatic carbocycles. The highest BCUT2D eigenvalue weighted by Gasteiger charge is 2.33. The highest BCUT2D eigenvalue weighted by atomic mass is 16.5. The molecule has 12 heteroatoms. The van der Waals surface area contributed by atoms with Crippen LogP contribution in [0.1, 0.15) is 30.6 Å². The largest absolute Gasteiger partial charge is 0.493 e. The van der Waals surface area contributed by atoms with E-state index in [1.165, 1.54) is 7.11 Å². The number of anilines is 1. The molecule has 1 aliphatic heterocycles. The van der Waals surface area contributed by atoms with Gasteiger partial charge in [-0.3, -0.25) is 9.36 Å². The number of ether oxygens (including phenoxy) is 3. The first kappa shape index (κ1) is 26.7. The molecule has 2 atom stereocenters. The van der Waals surface area contributed by atoms with Crippen molar-refractivity contribution >= 4 is 17.8 Å². The Labute approximate surface area is 221 Å². The fourth-order valence-corrected chi connectivity index (χ4v) is 4.52. The van der Waals surface area contributed by atoms with Gasteiger partial charge in [0, 0.05) is 50.2 Å². The fourth-order valence-electron chi connectivity index (χ4n) is 4.52. The van der Waals surface area contributed by atoms with Gasteiger partial charge in [-0.05, 0) is 31.5 Å². The standard InChI is InChI=1S/C26H33N7O5/c1-17-12-23(30-25(28-17)32-9-8-27-16-32)33-11-10-31(26(35)38-5)15-20(33)14-24(34)29-18(2)19-6-7-21(36-3)22(13-19)37-4/h6-9,12-13,16,18,20H,10-11,14-15H2,1-5H3,(H,29,34). The molecule has 0 spiro atoms. The van der Waals surface area contributed by atoms with Gasteiger partial charge in [0.15, 0.2) is 11.5 Å². The van der Waals surface area contributed by atoms with Crippen molar-refractivity contribution in [3.63, 3.8) is 0 Å². The maximum Gasteiger partial charge on any atom is 0.409 e. The molecule has 1 aliphatic rings. The minimum atomic E-state index is -0.424. The quantitative estimate of drug-likeness (QED) is 0.474. The molecule has 2 unspecified atom stereocenters. The van der Waals surface area contributed by atoms with Crippen LogP contribution in [0.15, 0.2) is 43.0 Å². The van der Waals surface area contributed by atoms with Gasteiger partial charge < -0.3 is 29.3 Å². The first-order chi connectivity index (χ1) is 18.3. The lowest BCUT2D eigenvalue weighted by Gasteiger charge is -2.41. The number of hydrogen-bond acceptors (Lipinski definition) is 9. The molecule has 3 aromatic rings. The second-order valence-corrected chi connectivity index (χ2v) is 9.01. The SMILES string of the molecule is COC(=O)N1CCN(c2cc(C)nc(-n3ccnc3)n2)C(CC(=O)NC(C)c2ccc(OC)c(OC)c2)C1. The first-order valence-electron chi connectivity index (χ1n) is 12.3. The monoisotopic (exact) mass is 523 g/mol. The van der Waals surface area contributed by atoms with E-state index >= 15 is 0 Å². The van der Waals surface area contributed by atoms with Gasteiger partial charge in [0.1, 0.15) is 12.1 Å². The number of carbonyl (C=O) groups excluding carboxylic acids is 2. The molecule has 1 fully saturated rings. The smallest absolute Gasteiger partial charge is 0.409 e. The minimum absolute atomic E-state index is 0.147. The van der Waals surface area contributed by atoms with Gasteiger partial charge in [0.25, 0.3) is 0 Å². The summed E-state index contributed by atoms with van der Waals surface area (Å²) in [7, 11) is 4.50. The van der Waals surface area contributed by atoms with Crippen LogP contribution in [0.2, 0.25) is 0 Å². The fraction of sp³-hybridized carbons (Fsp3) is 0.423. The van der Waals surface area contributed by atoms with Crippen molar-refractivity contribution in [1.29, 1.82) is 0 Å². The van der Waals surface area contributed by atoms with Crippen molar-refractivity contribution in [3.05, 3.63) is 54.2 Å². The Kier molecular flexibility index (Phi) is 8.29. The molecule has 202 valence electrons. The Morgan fingerprint density at radius 3 is 2.58 bits per heavy atom. The summed E-state index contributed by atoms with van der Waals surface area (Å²) in [5, 5.41) is 3.07. The number of benzene rings is 1. The number of methoxy groups -OCH3 is 3. The number of piperazine rings is 1. The van der Waals surface area contributed by atoms with Crippen LogP contribution >= 0.6 is 0 Å². The summed E-state index contributed by atoms with van der Waals surface area (Å²) in [5.74, 6) is 2.21. The van der Waals surface area contributed by atoms with E-state index in [9.17, 15) is 9.59 Å². The average Bonchev–Trinajstić information content (AvgIpc) is 3.47. The third-order valence-corrected chi connectivity index (χ3v) is 6.48. The second-order valence-electron chi connectivity index (χ2n) is 9.01. The number of aromatic nitrogens is 4. The van der Waals surface area contributed by atoms with Crippen molar-refractivity contribution in [2.45, 2.75) is 32.4 Å². The van der Waals surface area contributed by atoms with E-state index in [1.54, 1.807) is 42.4 Å². The number of hydrogen-bond donors (Lipinski definition) is 1. The van der Waals surface area contributed by atoms with E-state index in [2.05, 4.69) is 20.2 Å². The number of nitrogens with zero attached hydrogens (tertiary/aromatic N) is 6. The predicted octanol–water partition coefficient (Wildman–Crippen LogP) is 2.51. The van der Waals surface area contributed by atoms with E-state index in [1.807, 2.05) is 38.1 Å². The van der Waals surface area contributed by atoms with Crippen molar-refractivity contribution < 1.29 is 23.8 Å². The van der Waals surface area contributed by atoms with E-state index in [0.29, 0.717) is 42.9 Å². The molecule has 4 rings (SSSR count). The predicted molar refractivity (Wildman–Crippen MR) is 140 cm³/mol. The lowest BCUT2D eigenvalue weighted by Crippen LogP contribution is -2.56. The van der Waals surface area contributed by atoms with Crippen molar-refractivity contribution in [2.75, 3.05) is 45.9 Å². The normalized spacial score (nSPS) is 16.1. The Bertz CT molecular complexity index is 1270. The zero-order valence-corrected chi connectivity index (χ0v) is 22.2. The summed E-state index contributed by atoms with van der Waals surface area (Å²) in [6.07, 6.45) is 4.79. The molecule has 0 radical (unpaired) electrons. The summed E-state index contributed by atoms with van der Waals surface area (Å²) in [4.78, 5) is 42.5. The molecular formula is C26H33N7O5. The summed E-state index contributed by atoms with van der Waals surface area (Å²) in [6, 6.07) is 6.82. The highest BCUT2D eigenvalue weighted by molar-refractivity contribution is 5.78. The number of nitrogens with one attached hydrogen (secondary N) is 1. The average molecular weight is 524 g/mol. The third kappa shape index (κ3) is 5.96. The second kappa shape index (κ2) is 11.8. The number of rotatable bonds is 8. The van der Waals surface area contributed by atoms with Crippen molar-refractivity contribution in [1.82, 2.24) is 29.7 Å². The van der Waals surface area contributed by atoms with Crippen LogP contribution in [-0.2, 0) is 9.53 Å². The van der Waals surface area contributed by atoms with E-state index < -0.39 is 6.09 Å². The maximum atomic E-state index is 13.2. The molecule has 1 N–H and O–H groups in total. The third-order valence-electron chi connectivity index (χ3n) is 6.48. The summed E-state index contributed by atoms with van der Waals surface area (Å²) >= 11 is 0.